The standard InChI is InChI=1S/C18H29N3O3S/c1-6-13(2)21(25(5,23)24)12-15-11-16(9-10-17(15)20(3)4)19-18(22)14-7-8-14/h9-11,13-14H,6-8,12H2,1-5H3,(H,19,22)/t13-/m1/s1. The summed E-state index contributed by atoms with van der Waals surface area (Å²) in [5.74, 6) is 0.176. The molecular weight excluding hydrogens is 338 g/mol. The molecule has 1 aliphatic carbocycles. The number of nitrogens with one attached hydrogen (secondary N) is 1. The van der Waals surface area contributed by atoms with E-state index in [1.165, 1.54) is 10.6 Å². The molecule has 1 saturated carbocycles. The zero-order chi connectivity index (χ0) is 18.8. The highest BCUT2D eigenvalue weighted by molar-refractivity contribution is 7.88. The van der Waals surface area contributed by atoms with Crippen molar-refractivity contribution in [1.29, 1.82) is 0 Å². The van der Waals surface area contributed by atoms with Gasteiger partial charge in [-0.15, -0.1) is 0 Å². The molecule has 0 spiro atoms. The molecule has 1 aromatic rings. The highest BCUT2D eigenvalue weighted by Gasteiger charge is 2.30. The fourth-order valence-corrected chi connectivity index (χ4v) is 3.96. The van der Waals surface area contributed by atoms with Crippen molar-refractivity contribution >= 4 is 27.3 Å². The summed E-state index contributed by atoms with van der Waals surface area (Å²) in [4.78, 5) is 14.0. The lowest BCUT2D eigenvalue weighted by Gasteiger charge is -2.28. The first-order valence-electron chi connectivity index (χ1n) is 8.71. The van der Waals surface area contributed by atoms with Crippen LogP contribution >= 0.6 is 0 Å². The number of hydrogen-bond donors (Lipinski definition) is 1. The van der Waals surface area contributed by atoms with Crippen LogP contribution in [0.3, 0.4) is 0 Å². The van der Waals surface area contributed by atoms with E-state index in [1.807, 2.05) is 51.0 Å². The molecule has 0 unspecified atom stereocenters. The monoisotopic (exact) mass is 367 g/mol. The van der Waals surface area contributed by atoms with Crippen molar-refractivity contribution < 1.29 is 13.2 Å². The normalized spacial score (nSPS) is 15.9. The number of sulfonamides is 1. The highest BCUT2D eigenvalue weighted by Crippen LogP contribution is 2.31. The van der Waals surface area contributed by atoms with Gasteiger partial charge in [-0.2, -0.15) is 4.31 Å². The third-order valence-electron chi connectivity index (χ3n) is 4.61. The van der Waals surface area contributed by atoms with E-state index < -0.39 is 10.0 Å². The summed E-state index contributed by atoms with van der Waals surface area (Å²) in [5, 5.41) is 2.94. The summed E-state index contributed by atoms with van der Waals surface area (Å²) >= 11 is 0. The van der Waals surface area contributed by atoms with Crippen molar-refractivity contribution in [3.05, 3.63) is 23.8 Å². The Bertz CT molecular complexity index is 727. The van der Waals surface area contributed by atoms with Gasteiger partial charge in [-0.05, 0) is 49.9 Å². The second-order valence-electron chi connectivity index (χ2n) is 7.07. The molecule has 0 aliphatic heterocycles. The van der Waals surface area contributed by atoms with Crippen LogP contribution in [-0.2, 0) is 21.4 Å². The predicted molar refractivity (Wildman–Crippen MR) is 102 cm³/mol. The van der Waals surface area contributed by atoms with Gasteiger partial charge in [-0.3, -0.25) is 4.79 Å². The number of anilines is 2. The van der Waals surface area contributed by atoms with Gasteiger partial charge in [0.2, 0.25) is 15.9 Å². The Kier molecular flexibility index (Phi) is 6.11. The maximum atomic E-state index is 12.2. The van der Waals surface area contributed by atoms with E-state index in [0.717, 1.165) is 36.2 Å². The first-order chi connectivity index (χ1) is 11.6. The summed E-state index contributed by atoms with van der Waals surface area (Å²) < 4.78 is 26.0. The third kappa shape index (κ3) is 5.19. The highest BCUT2D eigenvalue weighted by atomic mass is 32.2. The molecule has 0 radical (unpaired) electrons. The molecule has 0 aromatic heterocycles. The minimum atomic E-state index is -3.33. The molecule has 0 saturated heterocycles. The Morgan fingerprint density at radius 1 is 1.32 bits per heavy atom. The molecular formula is C18H29N3O3S. The van der Waals surface area contributed by atoms with Crippen molar-refractivity contribution in [2.75, 3.05) is 30.6 Å². The molecule has 6 nitrogen and oxygen atoms in total. The van der Waals surface area contributed by atoms with Gasteiger partial charge in [-0.25, -0.2) is 8.42 Å². The largest absolute Gasteiger partial charge is 0.377 e. The smallest absolute Gasteiger partial charge is 0.227 e. The van der Waals surface area contributed by atoms with E-state index in [-0.39, 0.29) is 24.4 Å². The number of carbonyl (C=O) groups excluding carboxylic acids is 1. The number of nitrogens with zero attached hydrogens (tertiary/aromatic N) is 2. The van der Waals surface area contributed by atoms with Crippen LogP contribution in [0.1, 0.15) is 38.7 Å². The number of rotatable bonds is 8. The first kappa shape index (κ1) is 19.7. The molecule has 25 heavy (non-hydrogen) atoms. The number of carbonyl (C=O) groups is 1. The molecule has 1 fully saturated rings. The van der Waals surface area contributed by atoms with Gasteiger partial charge in [0.05, 0.1) is 6.26 Å². The second kappa shape index (κ2) is 7.74. The number of hydrogen-bond acceptors (Lipinski definition) is 4. The van der Waals surface area contributed by atoms with Crippen LogP contribution in [0.5, 0.6) is 0 Å². The Balaban J connectivity index is 2.32. The van der Waals surface area contributed by atoms with Crippen molar-refractivity contribution in [3.8, 4) is 0 Å². The van der Waals surface area contributed by atoms with Crippen LogP contribution in [-0.4, -0.2) is 45.0 Å². The predicted octanol–water partition coefficient (Wildman–Crippen LogP) is 2.66. The lowest BCUT2D eigenvalue weighted by molar-refractivity contribution is -0.117. The van der Waals surface area contributed by atoms with Crippen molar-refractivity contribution in [3.63, 3.8) is 0 Å². The molecule has 1 atom stereocenters. The topological polar surface area (TPSA) is 69.7 Å². The maximum Gasteiger partial charge on any atom is 0.227 e. The van der Waals surface area contributed by atoms with Crippen LogP contribution in [0.15, 0.2) is 18.2 Å². The maximum absolute atomic E-state index is 12.2. The summed E-state index contributed by atoms with van der Waals surface area (Å²) in [6.07, 6.45) is 3.88. The molecule has 7 heteroatoms. The van der Waals surface area contributed by atoms with Crippen LogP contribution in [0.4, 0.5) is 11.4 Å². The van der Waals surface area contributed by atoms with Crippen LogP contribution in [0.25, 0.3) is 0 Å². The lowest BCUT2D eigenvalue weighted by atomic mass is 10.1. The van der Waals surface area contributed by atoms with E-state index >= 15 is 0 Å². The number of amides is 1. The Hall–Kier alpha value is -1.60. The Labute approximate surface area is 151 Å². The van der Waals surface area contributed by atoms with Crippen molar-refractivity contribution in [2.24, 2.45) is 5.92 Å². The van der Waals surface area contributed by atoms with Gasteiger partial charge in [-0.1, -0.05) is 6.92 Å². The summed E-state index contributed by atoms with van der Waals surface area (Å²) in [6, 6.07) is 5.59. The van der Waals surface area contributed by atoms with Gasteiger partial charge in [0.25, 0.3) is 0 Å². The van der Waals surface area contributed by atoms with E-state index in [2.05, 4.69) is 5.32 Å². The quantitative estimate of drug-likeness (QED) is 0.767. The average molecular weight is 368 g/mol. The first-order valence-corrected chi connectivity index (χ1v) is 10.6. The average Bonchev–Trinajstić information content (AvgIpc) is 3.35. The summed E-state index contributed by atoms with van der Waals surface area (Å²) in [7, 11) is 0.523. The van der Waals surface area contributed by atoms with Crippen molar-refractivity contribution in [2.45, 2.75) is 45.7 Å². The van der Waals surface area contributed by atoms with Gasteiger partial charge in [0.15, 0.2) is 0 Å². The van der Waals surface area contributed by atoms with Gasteiger partial charge < -0.3 is 10.2 Å². The molecule has 2 rings (SSSR count). The zero-order valence-electron chi connectivity index (χ0n) is 15.7. The van der Waals surface area contributed by atoms with Gasteiger partial charge in [0, 0.05) is 44.0 Å². The van der Waals surface area contributed by atoms with Gasteiger partial charge in [0.1, 0.15) is 0 Å². The van der Waals surface area contributed by atoms with Crippen LogP contribution < -0.4 is 10.2 Å². The number of benzene rings is 1. The third-order valence-corrected chi connectivity index (χ3v) is 5.95. The van der Waals surface area contributed by atoms with Crippen LogP contribution in [0, 0.1) is 5.92 Å². The Morgan fingerprint density at radius 2 is 1.96 bits per heavy atom. The summed E-state index contributed by atoms with van der Waals surface area (Å²) in [6.45, 7) is 4.17. The fraction of sp³-hybridized carbons (Fsp3) is 0.611. The van der Waals surface area contributed by atoms with Gasteiger partial charge >= 0.3 is 0 Å². The summed E-state index contributed by atoms with van der Waals surface area (Å²) in [5.41, 5.74) is 2.54. The second-order valence-corrected chi connectivity index (χ2v) is 9.00. The SMILES string of the molecule is CC[C@@H](C)N(Cc1cc(NC(=O)C2CC2)ccc1N(C)C)S(C)(=O)=O. The fourth-order valence-electron chi connectivity index (χ4n) is 2.79. The van der Waals surface area contributed by atoms with Crippen LogP contribution in [0.2, 0.25) is 0 Å². The Morgan fingerprint density at radius 3 is 2.44 bits per heavy atom. The zero-order valence-corrected chi connectivity index (χ0v) is 16.6. The van der Waals surface area contributed by atoms with E-state index in [1.54, 1.807) is 0 Å². The lowest BCUT2D eigenvalue weighted by Crippen LogP contribution is -2.37. The van der Waals surface area contributed by atoms with E-state index in [9.17, 15) is 13.2 Å². The minimum Gasteiger partial charge on any atom is -0.377 e. The molecule has 0 heterocycles. The molecule has 1 aliphatic rings. The molecule has 1 aromatic carbocycles. The van der Waals surface area contributed by atoms with Crippen molar-refractivity contribution in [1.82, 2.24) is 4.31 Å². The minimum absolute atomic E-state index is 0.0467. The molecule has 1 N–H and O–H groups in total. The molecule has 140 valence electrons. The molecule has 1 amide bonds. The molecule has 0 bridgehead atoms. The van der Waals surface area contributed by atoms with E-state index in [0.29, 0.717) is 0 Å². The van der Waals surface area contributed by atoms with E-state index in [4.69, 9.17) is 0 Å².